The Morgan fingerprint density at radius 3 is 1.32 bits per heavy atom. The maximum absolute atomic E-state index is 15.3. The average molecular weight is 539 g/mol. The third kappa shape index (κ3) is 5.62. The summed E-state index contributed by atoms with van der Waals surface area (Å²) in [6, 6.07) is 41.9. The Balaban J connectivity index is 1.43. The van der Waals surface area contributed by atoms with Gasteiger partial charge in [-0.3, -0.25) is 4.79 Å². The normalized spacial score (nSPS) is 25.7. The number of rotatable bonds is 10. The lowest BCUT2D eigenvalue weighted by Gasteiger charge is -2.35. The molecule has 4 atom stereocenters. The molecule has 0 bridgehead atoms. The number of hydrogen-bond acceptors (Lipinski definition) is 2. The minimum absolute atomic E-state index is 0.171. The van der Waals surface area contributed by atoms with Crippen LogP contribution in [0.2, 0.25) is 0 Å². The van der Waals surface area contributed by atoms with Crippen LogP contribution in [0.5, 0.6) is 0 Å². The van der Waals surface area contributed by atoms with E-state index in [1.54, 1.807) is 0 Å². The van der Waals surface area contributed by atoms with Gasteiger partial charge in [-0.05, 0) is 47.9 Å². The highest BCUT2D eigenvalue weighted by Crippen LogP contribution is 2.62. The molecule has 1 saturated heterocycles. The third-order valence-corrected chi connectivity index (χ3v) is 9.31. The van der Waals surface area contributed by atoms with Crippen molar-refractivity contribution in [2.45, 2.75) is 25.7 Å². The Bertz CT molecular complexity index is 1360. The Morgan fingerprint density at radius 2 is 0.927 bits per heavy atom. The van der Waals surface area contributed by atoms with Crippen LogP contribution in [-0.4, -0.2) is 19.0 Å². The molecule has 2 heteroatoms. The lowest BCUT2D eigenvalue weighted by atomic mass is 9.67. The summed E-state index contributed by atoms with van der Waals surface area (Å²) < 4.78 is 6.27. The highest BCUT2D eigenvalue weighted by molar-refractivity contribution is 5.95. The second kappa shape index (κ2) is 12.2. The molecule has 1 heterocycles. The van der Waals surface area contributed by atoms with Crippen LogP contribution >= 0.6 is 0 Å². The smallest absolute Gasteiger partial charge is 0.147 e. The van der Waals surface area contributed by atoms with Crippen molar-refractivity contribution in [3.63, 3.8) is 0 Å². The zero-order chi connectivity index (χ0) is 28.0. The van der Waals surface area contributed by atoms with Crippen LogP contribution in [0, 0.1) is 22.7 Å². The summed E-state index contributed by atoms with van der Waals surface area (Å²) in [7, 11) is 0. The molecule has 0 N–H and O–H groups in total. The van der Waals surface area contributed by atoms with E-state index in [1.165, 1.54) is 11.1 Å². The largest absolute Gasteiger partial charge is 0.381 e. The maximum Gasteiger partial charge on any atom is 0.147 e. The molecule has 206 valence electrons. The number of ketones is 1. The quantitative estimate of drug-likeness (QED) is 0.202. The van der Waals surface area contributed by atoms with Crippen LogP contribution in [-0.2, 0) is 22.4 Å². The summed E-state index contributed by atoms with van der Waals surface area (Å²) in [6.07, 6.45) is 11.7. The van der Waals surface area contributed by atoms with Crippen molar-refractivity contribution < 1.29 is 9.53 Å². The number of Topliss-reactive ketones (excluding diaryl/α,β-unsaturated/α-hetero) is 1. The molecule has 41 heavy (non-hydrogen) atoms. The molecule has 0 unspecified atom stereocenters. The van der Waals surface area contributed by atoms with Gasteiger partial charge in [-0.25, -0.2) is 0 Å². The van der Waals surface area contributed by atoms with Crippen molar-refractivity contribution in [3.05, 3.63) is 156 Å². The number of fused-ring (bicyclic) bond motifs is 1. The fourth-order valence-corrected chi connectivity index (χ4v) is 7.39. The molecule has 0 amide bonds. The van der Waals surface area contributed by atoms with Crippen molar-refractivity contribution in [1.29, 1.82) is 0 Å². The topological polar surface area (TPSA) is 26.3 Å². The predicted molar refractivity (Wildman–Crippen MR) is 168 cm³/mol. The van der Waals surface area contributed by atoms with E-state index in [2.05, 4.69) is 133 Å². The summed E-state index contributed by atoms with van der Waals surface area (Å²) >= 11 is 0. The number of hydrogen-bond donors (Lipinski definition) is 0. The molecular formula is C39H38O2. The van der Waals surface area contributed by atoms with Crippen molar-refractivity contribution in [1.82, 2.24) is 0 Å². The molecule has 2 fully saturated rings. The van der Waals surface area contributed by atoms with Gasteiger partial charge in [0.25, 0.3) is 0 Å². The highest BCUT2D eigenvalue weighted by atomic mass is 16.5. The van der Waals surface area contributed by atoms with E-state index in [1.807, 2.05) is 12.1 Å². The SMILES string of the molecule is O=C1[C@@](C/C=C/c2ccccc2)(Cc2ccccc2)[C@@H]2COC[C@H]2[C@]1(C/C=C/c1ccccc1)Cc1ccccc1. The number of ether oxygens (including phenoxy) is 1. The molecular weight excluding hydrogens is 500 g/mol. The second-order valence-electron chi connectivity index (χ2n) is 11.8. The molecule has 4 aromatic rings. The zero-order valence-electron chi connectivity index (χ0n) is 23.6. The van der Waals surface area contributed by atoms with Crippen LogP contribution < -0.4 is 0 Å². The molecule has 2 aliphatic rings. The number of allylic oxidation sites excluding steroid dienone is 2. The Labute approximate surface area is 244 Å². The van der Waals surface area contributed by atoms with Gasteiger partial charge in [-0.1, -0.05) is 146 Å². The average Bonchev–Trinajstić information content (AvgIpc) is 3.58. The Morgan fingerprint density at radius 1 is 0.561 bits per heavy atom. The molecule has 0 radical (unpaired) electrons. The van der Waals surface area contributed by atoms with E-state index in [9.17, 15) is 0 Å². The molecule has 0 aromatic heterocycles. The molecule has 1 saturated carbocycles. The number of carbonyl (C=O) groups is 1. The van der Waals surface area contributed by atoms with E-state index in [-0.39, 0.29) is 11.8 Å². The molecule has 6 rings (SSSR count). The lowest BCUT2D eigenvalue weighted by Crippen LogP contribution is -2.42. The first kappa shape index (κ1) is 27.2. The lowest BCUT2D eigenvalue weighted by molar-refractivity contribution is -0.136. The first-order chi connectivity index (χ1) is 20.2. The fourth-order valence-electron chi connectivity index (χ4n) is 7.39. The summed E-state index contributed by atoms with van der Waals surface area (Å²) in [5.74, 6) is 0.750. The number of benzene rings is 4. The molecule has 2 nitrogen and oxygen atoms in total. The molecule has 1 aliphatic carbocycles. The van der Waals surface area contributed by atoms with Gasteiger partial charge in [-0.2, -0.15) is 0 Å². The van der Waals surface area contributed by atoms with Crippen LogP contribution in [0.1, 0.15) is 35.1 Å². The van der Waals surface area contributed by atoms with Crippen molar-refractivity contribution >= 4 is 17.9 Å². The fraction of sp³-hybridized carbons (Fsp3) is 0.256. The van der Waals surface area contributed by atoms with E-state index in [0.717, 1.165) is 24.0 Å². The first-order valence-corrected chi connectivity index (χ1v) is 14.8. The van der Waals surface area contributed by atoms with Crippen molar-refractivity contribution in [2.75, 3.05) is 13.2 Å². The van der Waals surface area contributed by atoms with E-state index < -0.39 is 10.8 Å². The van der Waals surface area contributed by atoms with Gasteiger partial charge in [-0.15, -0.1) is 0 Å². The molecule has 1 aliphatic heterocycles. The van der Waals surface area contributed by atoms with Crippen molar-refractivity contribution in [2.24, 2.45) is 22.7 Å². The first-order valence-electron chi connectivity index (χ1n) is 14.8. The van der Waals surface area contributed by atoms with Gasteiger partial charge in [0.1, 0.15) is 5.78 Å². The summed E-state index contributed by atoms with van der Waals surface area (Å²) in [4.78, 5) is 15.3. The van der Waals surface area contributed by atoms with Gasteiger partial charge in [0.15, 0.2) is 0 Å². The zero-order valence-corrected chi connectivity index (χ0v) is 23.6. The Hall–Kier alpha value is -4.01. The summed E-state index contributed by atoms with van der Waals surface area (Å²) in [5.41, 5.74) is 3.71. The van der Waals surface area contributed by atoms with Crippen LogP contribution in [0.15, 0.2) is 133 Å². The minimum Gasteiger partial charge on any atom is -0.381 e. The van der Waals surface area contributed by atoms with E-state index >= 15 is 4.79 Å². The van der Waals surface area contributed by atoms with Crippen LogP contribution in [0.3, 0.4) is 0 Å². The monoisotopic (exact) mass is 538 g/mol. The van der Waals surface area contributed by atoms with E-state index in [4.69, 9.17) is 4.74 Å². The van der Waals surface area contributed by atoms with Crippen LogP contribution in [0.25, 0.3) is 12.2 Å². The predicted octanol–water partition coefficient (Wildman–Crippen LogP) is 8.50. The van der Waals surface area contributed by atoms with Gasteiger partial charge >= 0.3 is 0 Å². The van der Waals surface area contributed by atoms with E-state index in [0.29, 0.717) is 31.8 Å². The number of carbonyl (C=O) groups excluding carboxylic acids is 1. The second-order valence-corrected chi connectivity index (χ2v) is 11.8. The standard InChI is InChI=1S/C39H38O2/c40-37-38(27-33-19-9-3-10-20-33,25-13-23-31-15-5-1-6-16-31)35-29-41-30-36(35)39(37,28-34-21-11-4-12-22-34)26-14-24-32-17-7-2-8-18-32/h1-24,35-36H,25-30H2/b23-13+,24-14+/t35-,36-,38+,39+/m1/s1. The highest BCUT2D eigenvalue weighted by Gasteiger charge is 2.67. The van der Waals surface area contributed by atoms with Gasteiger partial charge in [0.2, 0.25) is 0 Å². The summed E-state index contributed by atoms with van der Waals surface area (Å²) in [5, 5.41) is 0. The minimum atomic E-state index is -0.525. The third-order valence-electron chi connectivity index (χ3n) is 9.31. The van der Waals surface area contributed by atoms with Crippen molar-refractivity contribution in [3.8, 4) is 0 Å². The van der Waals surface area contributed by atoms with Gasteiger partial charge in [0.05, 0.1) is 13.2 Å². The molecule has 4 aromatic carbocycles. The van der Waals surface area contributed by atoms with Gasteiger partial charge < -0.3 is 4.74 Å². The van der Waals surface area contributed by atoms with Gasteiger partial charge in [0, 0.05) is 22.7 Å². The molecule has 0 spiro atoms. The summed E-state index contributed by atoms with van der Waals surface area (Å²) in [6.45, 7) is 1.28. The Kier molecular flexibility index (Phi) is 8.11. The maximum atomic E-state index is 15.3. The van der Waals surface area contributed by atoms with Crippen LogP contribution in [0.4, 0.5) is 0 Å².